The third-order valence-electron chi connectivity index (χ3n) is 3.66. The molecule has 1 saturated heterocycles. The van der Waals surface area contributed by atoms with E-state index in [0.29, 0.717) is 18.6 Å². The summed E-state index contributed by atoms with van der Waals surface area (Å²) < 4.78 is 5.14. The molecule has 1 aliphatic heterocycles. The first-order valence-electron chi connectivity index (χ1n) is 6.25. The van der Waals surface area contributed by atoms with E-state index in [2.05, 4.69) is 5.32 Å². The molecule has 0 spiro atoms. The molecule has 1 fully saturated rings. The molecule has 0 saturated carbocycles. The number of hydrogen-bond donors (Lipinski definition) is 1. The van der Waals surface area contributed by atoms with Gasteiger partial charge in [0.25, 0.3) is 0 Å². The third-order valence-corrected chi connectivity index (χ3v) is 3.66. The highest BCUT2D eigenvalue weighted by Gasteiger charge is 2.51. The van der Waals surface area contributed by atoms with Crippen LogP contribution in [0.3, 0.4) is 0 Å². The van der Waals surface area contributed by atoms with Crippen LogP contribution in [-0.2, 0) is 16.1 Å². The zero-order chi connectivity index (χ0) is 14.0. The largest absolute Gasteiger partial charge is 0.467 e. The van der Waals surface area contributed by atoms with E-state index in [4.69, 9.17) is 4.42 Å². The number of carbonyl (C=O) groups excluding carboxylic acids is 3. The summed E-state index contributed by atoms with van der Waals surface area (Å²) in [6.07, 6.45) is 2.19. The number of hydrogen-bond acceptors (Lipinski definition) is 4. The molecule has 1 aromatic rings. The Labute approximate surface area is 110 Å². The number of barbiturate groups is 1. The smallest absolute Gasteiger partial charge is 0.331 e. The second kappa shape index (κ2) is 4.87. The summed E-state index contributed by atoms with van der Waals surface area (Å²) in [4.78, 5) is 37.2. The molecule has 0 unspecified atom stereocenters. The molecule has 4 amide bonds. The molecule has 0 radical (unpaired) electrons. The summed E-state index contributed by atoms with van der Waals surface area (Å²) in [6.45, 7) is 3.57. The highest BCUT2D eigenvalue weighted by Crippen LogP contribution is 2.32. The Bertz CT molecular complexity index is 503. The van der Waals surface area contributed by atoms with Crippen LogP contribution in [0, 0.1) is 5.41 Å². The van der Waals surface area contributed by atoms with Crippen LogP contribution in [0.1, 0.15) is 32.4 Å². The molecule has 0 atom stereocenters. The Kier molecular flexibility index (Phi) is 3.42. The maximum atomic E-state index is 12.5. The summed E-state index contributed by atoms with van der Waals surface area (Å²) in [7, 11) is 0. The fourth-order valence-corrected chi connectivity index (χ4v) is 2.31. The van der Waals surface area contributed by atoms with Gasteiger partial charge in [-0.25, -0.2) is 4.79 Å². The summed E-state index contributed by atoms with van der Waals surface area (Å²) >= 11 is 0. The van der Waals surface area contributed by atoms with Crippen molar-refractivity contribution in [2.24, 2.45) is 5.41 Å². The molecule has 0 aliphatic carbocycles. The van der Waals surface area contributed by atoms with Crippen molar-refractivity contribution in [3.63, 3.8) is 0 Å². The van der Waals surface area contributed by atoms with Crippen LogP contribution < -0.4 is 5.32 Å². The average molecular weight is 264 g/mol. The van der Waals surface area contributed by atoms with E-state index in [1.165, 1.54) is 6.26 Å². The highest BCUT2D eigenvalue weighted by molar-refractivity contribution is 6.18. The van der Waals surface area contributed by atoms with E-state index in [1.807, 2.05) is 0 Å². The van der Waals surface area contributed by atoms with Crippen molar-refractivity contribution >= 4 is 17.8 Å². The molecular formula is C13H16N2O4. The van der Waals surface area contributed by atoms with Crippen LogP contribution in [0.25, 0.3) is 0 Å². The Hall–Kier alpha value is -2.11. The van der Waals surface area contributed by atoms with Crippen molar-refractivity contribution in [1.29, 1.82) is 0 Å². The van der Waals surface area contributed by atoms with E-state index >= 15 is 0 Å². The fourth-order valence-electron chi connectivity index (χ4n) is 2.31. The lowest BCUT2D eigenvalue weighted by atomic mass is 9.78. The van der Waals surface area contributed by atoms with Gasteiger partial charge < -0.3 is 4.42 Å². The van der Waals surface area contributed by atoms with Crippen LogP contribution in [0.5, 0.6) is 0 Å². The molecule has 6 heteroatoms. The molecule has 2 rings (SSSR count). The molecule has 102 valence electrons. The lowest BCUT2D eigenvalue weighted by Crippen LogP contribution is -2.63. The molecule has 1 N–H and O–H groups in total. The van der Waals surface area contributed by atoms with E-state index in [1.54, 1.807) is 26.0 Å². The van der Waals surface area contributed by atoms with Gasteiger partial charge in [-0.2, -0.15) is 0 Å². The van der Waals surface area contributed by atoms with Crippen LogP contribution >= 0.6 is 0 Å². The monoisotopic (exact) mass is 264 g/mol. The summed E-state index contributed by atoms with van der Waals surface area (Å²) in [5.41, 5.74) is -1.15. The first-order valence-corrected chi connectivity index (χ1v) is 6.25. The molecule has 2 heterocycles. The quantitative estimate of drug-likeness (QED) is 0.839. The van der Waals surface area contributed by atoms with Gasteiger partial charge in [-0.1, -0.05) is 13.8 Å². The fraction of sp³-hybridized carbons (Fsp3) is 0.462. The number of nitrogens with zero attached hydrogens (tertiary/aromatic N) is 1. The minimum Gasteiger partial charge on any atom is -0.467 e. The normalized spacial score (nSPS) is 18.6. The summed E-state index contributed by atoms with van der Waals surface area (Å²) in [5, 5.41) is 2.25. The van der Waals surface area contributed by atoms with Crippen molar-refractivity contribution in [1.82, 2.24) is 10.2 Å². The van der Waals surface area contributed by atoms with E-state index in [9.17, 15) is 14.4 Å². The SMILES string of the molecule is CCC1(CC)C(=O)NC(=O)N(Cc2ccco2)C1=O. The van der Waals surface area contributed by atoms with Crippen molar-refractivity contribution in [2.75, 3.05) is 0 Å². The van der Waals surface area contributed by atoms with Gasteiger partial charge in [0.1, 0.15) is 11.2 Å². The van der Waals surface area contributed by atoms with Gasteiger partial charge in [-0.15, -0.1) is 0 Å². The summed E-state index contributed by atoms with van der Waals surface area (Å²) in [5.74, 6) is -0.468. The molecule has 0 aromatic carbocycles. The van der Waals surface area contributed by atoms with Gasteiger partial charge in [-0.05, 0) is 25.0 Å². The van der Waals surface area contributed by atoms with Gasteiger partial charge >= 0.3 is 6.03 Å². The first kappa shape index (κ1) is 13.3. The summed E-state index contributed by atoms with van der Waals surface area (Å²) in [6, 6.07) is 2.67. The zero-order valence-corrected chi connectivity index (χ0v) is 10.9. The predicted molar refractivity (Wildman–Crippen MR) is 65.8 cm³/mol. The van der Waals surface area contributed by atoms with E-state index in [-0.39, 0.29) is 6.54 Å². The van der Waals surface area contributed by atoms with Gasteiger partial charge in [0.15, 0.2) is 0 Å². The van der Waals surface area contributed by atoms with Gasteiger partial charge in [0.05, 0.1) is 12.8 Å². The maximum Gasteiger partial charge on any atom is 0.331 e. The highest BCUT2D eigenvalue weighted by atomic mass is 16.3. The molecule has 19 heavy (non-hydrogen) atoms. The number of imide groups is 2. The third kappa shape index (κ3) is 2.03. The topological polar surface area (TPSA) is 79.6 Å². The van der Waals surface area contributed by atoms with Crippen molar-refractivity contribution in [3.05, 3.63) is 24.2 Å². The lowest BCUT2D eigenvalue weighted by Gasteiger charge is -2.37. The number of furan rings is 1. The lowest BCUT2D eigenvalue weighted by molar-refractivity contribution is -0.152. The number of amides is 4. The first-order chi connectivity index (χ1) is 9.05. The maximum absolute atomic E-state index is 12.5. The second-order valence-electron chi connectivity index (χ2n) is 4.52. The standard InChI is InChI=1S/C13H16N2O4/c1-3-13(4-2)10(16)14-12(18)15(11(13)17)8-9-6-5-7-19-9/h5-7H,3-4,8H2,1-2H3,(H,14,16,18). The predicted octanol–water partition coefficient (Wildman–Crippen LogP) is 1.66. The number of rotatable bonds is 4. The zero-order valence-electron chi connectivity index (χ0n) is 10.9. The van der Waals surface area contributed by atoms with Gasteiger partial charge in [-0.3, -0.25) is 19.8 Å². The Balaban J connectivity index is 2.30. The van der Waals surface area contributed by atoms with Crippen LogP contribution in [0.15, 0.2) is 22.8 Å². The Morgan fingerprint density at radius 2 is 1.95 bits per heavy atom. The van der Waals surface area contributed by atoms with E-state index < -0.39 is 23.3 Å². The molecule has 1 aromatic heterocycles. The average Bonchev–Trinajstić information content (AvgIpc) is 2.89. The van der Waals surface area contributed by atoms with Gasteiger partial charge in [0.2, 0.25) is 11.8 Å². The minimum absolute atomic E-state index is 0.0344. The van der Waals surface area contributed by atoms with Crippen LogP contribution in [-0.4, -0.2) is 22.7 Å². The molecular weight excluding hydrogens is 248 g/mol. The van der Waals surface area contributed by atoms with Crippen molar-refractivity contribution in [3.8, 4) is 0 Å². The number of urea groups is 1. The Morgan fingerprint density at radius 1 is 1.26 bits per heavy atom. The van der Waals surface area contributed by atoms with Crippen molar-refractivity contribution in [2.45, 2.75) is 33.2 Å². The van der Waals surface area contributed by atoms with E-state index in [0.717, 1.165) is 4.90 Å². The van der Waals surface area contributed by atoms with Crippen molar-refractivity contribution < 1.29 is 18.8 Å². The molecule has 1 aliphatic rings. The number of carbonyl (C=O) groups is 3. The Morgan fingerprint density at radius 3 is 2.47 bits per heavy atom. The van der Waals surface area contributed by atoms with Crippen LogP contribution in [0.4, 0.5) is 4.79 Å². The second-order valence-corrected chi connectivity index (χ2v) is 4.52. The number of nitrogens with one attached hydrogen (secondary N) is 1. The van der Waals surface area contributed by atoms with Crippen LogP contribution in [0.2, 0.25) is 0 Å². The molecule has 6 nitrogen and oxygen atoms in total. The molecule has 0 bridgehead atoms. The minimum atomic E-state index is -1.15. The van der Waals surface area contributed by atoms with Gasteiger partial charge in [0, 0.05) is 0 Å².